The van der Waals surface area contributed by atoms with E-state index in [1.54, 1.807) is 12.1 Å². The third-order valence-electron chi connectivity index (χ3n) is 6.46. The molecule has 0 saturated heterocycles. The fraction of sp³-hybridized carbons (Fsp3) is 0.435. The van der Waals surface area contributed by atoms with E-state index in [9.17, 15) is 9.18 Å². The third kappa shape index (κ3) is 3.57. The number of hydrogen-bond acceptors (Lipinski definition) is 3. The maximum absolute atomic E-state index is 14.8. The number of carboxylic acid groups (broad SMARTS) is 1. The van der Waals surface area contributed by atoms with E-state index in [-0.39, 0.29) is 23.0 Å². The smallest absolute Gasteiger partial charge is 0.307 e. The Morgan fingerprint density at radius 3 is 2.72 bits per heavy atom. The summed E-state index contributed by atoms with van der Waals surface area (Å²) in [6.07, 6.45) is 4.96. The third-order valence-corrected chi connectivity index (χ3v) is 6.73. The Balaban J connectivity index is 1.36. The second-order valence-electron chi connectivity index (χ2n) is 8.40. The highest BCUT2D eigenvalue weighted by atomic mass is 35.5. The first-order valence-corrected chi connectivity index (χ1v) is 10.6. The lowest BCUT2D eigenvalue weighted by molar-refractivity contribution is -0.138. The van der Waals surface area contributed by atoms with Gasteiger partial charge in [-0.25, -0.2) is 4.39 Å². The van der Waals surface area contributed by atoms with Crippen LogP contribution in [0.2, 0.25) is 5.02 Å². The van der Waals surface area contributed by atoms with Crippen LogP contribution in [0.3, 0.4) is 0 Å². The van der Waals surface area contributed by atoms with Gasteiger partial charge in [0.15, 0.2) is 5.82 Å². The summed E-state index contributed by atoms with van der Waals surface area (Å²) >= 11 is 6.16. The predicted octanol–water partition coefficient (Wildman–Crippen LogP) is 5.16. The van der Waals surface area contributed by atoms with Crippen molar-refractivity contribution in [1.29, 1.82) is 0 Å². The molecule has 0 aromatic heterocycles. The van der Waals surface area contributed by atoms with Gasteiger partial charge in [0, 0.05) is 25.2 Å². The molecular formula is C23H23ClFNO3. The maximum atomic E-state index is 14.8. The first-order chi connectivity index (χ1) is 14.0. The van der Waals surface area contributed by atoms with E-state index in [0.29, 0.717) is 24.5 Å². The quantitative estimate of drug-likeness (QED) is 0.732. The number of carbonyl (C=O) groups is 1. The first kappa shape index (κ1) is 18.7. The molecule has 4 nitrogen and oxygen atoms in total. The highest BCUT2D eigenvalue weighted by Crippen LogP contribution is 2.48. The van der Waals surface area contributed by atoms with Crippen LogP contribution in [0.5, 0.6) is 5.75 Å². The molecule has 2 aromatic rings. The summed E-state index contributed by atoms with van der Waals surface area (Å²) < 4.78 is 20.7. The van der Waals surface area contributed by atoms with Crippen molar-refractivity contribution in [2.24, 2.45) is 5.92 Å². The SMILES string of the molecule is O=C(O)[C@@H]1C[C@H]1c1ccc2c(c1)CCN(c1cc(OC3CCC3)cc(Cl)c1F)C2. The molecule has 0 unspecified atom stereocenters. The monoisotopic (exact) mass is 415 g/mol. The summed E-state index contributed by atoms with van der Waals surface area (Å²) in [6.45, 7) is 1.28. The van der Waals surface area contributed by atoms with Gasteiger partial charge in [-0.1, -0.05) is 29.8 Å². The van der Waals surface area contributed by atoms with Crippen molar-refractivity contribution in [1.82, 2.24) is 0 Å². The van der Waals surface area contributed by atoms with Crippen molar-refractivity contribution in [3.05, 3.63) is 57.9 Å². The summed E-state index contributed by atoms with van der Waals surface area (Å²) in [5, 5.41) is 9.26. The van der Waals surface area contributed by atoms with Gasteiger partial charge in [0.05, 0.1) is 22.7 Å². The highest BCUT2D eigenvalue weighted by Gasteiger charge is 2.44. The lowest BCUT2D eigenvalue weighted by Crippen LogP contribution is -2.31. The zero-order chi connectivity index (χ0) is 20.1. The number of rotatable bonds is 5. The Bertz CT molecular complexity index is 975. The number of aliphatic carboxylic acids is 1. The Labute approximate surface area is 174 Å². The minimum atomic E-state index is -0.713. The van der Waals surface area contributed by atoms with E-state index in [1.165, 1.54) is 12.0 Å². The molecule has 0 amide bonds. The largest absolute Gasteiger partial charge is 0.490 e. The van der Waals surface area contributed by atoms with Crippen LogP contribution >= 0.6 is 11.6 Å². The van der Waals surface area contributed by atoms with Gasteiger partial charge in [-0.15, -0.1) is 0 Å². The number of fused-ring (bicyclic) bond motifs is 1. The van der Waals surface area contributed by atoms with E-state index in [4.69, 9.17) is 21.4 Å². The summed E-state index contributed by atoms with van der Waals surface area (Å²) in [5.41, 5.74) is 3.96. The van der Waals surface area contributed by atoms with Crippen LogP contribution in [0.15, 0.2) is 30.3 Å². The van der Waals surface area contributed by atoms with Crippen molar-refractivity contribution in [2.75, 3.05) is 11.4 Å². The molecule has 2 fully saturated rings. The molecule has 6 heteroatoms. The second kappa shape index (κ2) is 7.21. The normalized spacial score (nSPS) is 23.3. The number of ether oxygens (including phenoxy) is 1. The molecule has 152 valence electrons. The van der Waals surface area contributed by atoms with Crippen molar-refractivity contribution in [3.8, 4) is 5.75 Å². The molecule has 2 atom stereocenters. The van der Waals surface area contributed by atoms with E-state index in [0.717, 1.165) is 36.8 Å². The number of anilines is 1. The fourth-order valence-electron chi connectivity index (χ4n) is 4.38. The summed E-state index contributed by atoms with van der Waals surface area (Å²) in [5.74, 6) is -0.605. The van der Waals surface area contributed by atoms with Gasteiger partial charge in [-0.3, -0.25) is 4.79 Å². The molecule has 3 aliphatic rings. The summed E-state index contributed by atoms with van der Waals surface area (Å²) in [4.78, 5) is 13.2. The molecule has 0 bridgehead atoms. The number of hydrogen-bond donors (Lipinski definition) is 1. The van der Waals surface area contributed by atoms with Crippen LogP contribution in [0, 0.1) is 11.7 Å². The minimum Gasteiger partial charge on any atom is -0.490 e. The lowest BCUT2D eigenvalue weighted by Gasteiger charge is -2.32. The first-order valence-electron chi connectivity index (χ1n) is 10.2. The lowest BCUT2D eigenvalue weighted by atomic mass is 9.95. The fourth-order valence-corrected chi connectivity index (χ4v) is 4.58. The zero-order valence-electron chi connectivity index (χ0n) is 16.0. The molecule has 2 aromatic carbocycles. The molecule has 5 rings (SSSR count). The molecule has 2 saturated carbocycles. The van der Waals surface area contributed by atoms with Crippen LogP contribution in [0.4, 0.5) is 10.1 Å². The Kier molecular flexibility index (Phi) is 4.66. The van der Waals surface area contributed by atoms with Gasteiger partial charge in [-0.2, -0.15) is 0 Å². The Morgan fingerprint density at radius 1 is 1.21 bits per heavy atom. The average Bonchev–Trinajstić information content (AvgIpc) is 3.47. The van der Waals surface area contributed by atoms with Crippen LogP contribution in [0.25, 0.3) is 0 Å². The molecule has 1 aliphatic heterocycles. The highest BCUT2D eigenvalue weighted by molar-refractivity contribution is 6.31. The van der Waals surface area contributed by atoms with Crippen LogP contribution in [-0.4, -0.2) is 23.7 Å². The van der Waals surface area contributed by atoms with Crippen LogP contribution in [0.1, 0.15) is 48.3 Å². The topological polar surface area (TPSA) is 49.8 Å². The van der Waals surface area contributed by atoms with Gasteiger partial charge in [0.25, 0.3) is 0 Å². The van der Waals surface area contributed by atoms with E-state index in [2.05, 4.69) is 12.1 Å². The molecule has 0 spiro atoms. The Hall–Kier alpha value is -2.27. The van der Waals surface area contributed by atoms with Crippen molar-refractivity contribution >= 4 is 23.3 Å². The molecule has 2 aliphatic carbocycles. The molecule has 1 N–H and O–H groups in total. The van der Waals surface area contributed by atoms with E-state index >= 15 is 0 Å². The summed E-state index contributed by atoms with van der Waals surface area (Å²) in [6, 6.07) is 9.55. The standard InChI is InChI=1S/C23H23ClFNO3/c24-20-9-17(29-16-2-1-3-16)10-21(22(20)25)26-7-6-13-8-14(4-5-15(13)12-26)18-11-19(18)23(27)28/h4-5,8-10,16,18-19H,1-3,6-7,11-12H2,(H,27,28)/t18-,19+/m0/s1. The molecular weight excluding hydrogens is 393 g/mol. The van der Waals surface area contributed by atoms with Gasteiger partial charge >= 0.3 is 5.97 Å². The van der Waals surface area contributed by atoms with E-state index < -0.39 is 11.8 Å². The van der Waals surface area contributed by atoms with E-state index in [1.807, 2.05) is 11.0 Å². The van der Waals surface area contributed by atoms with Crippen molar-refractivity contribution in [2.45, 2.75) is 50.7 Å². The van der Waals surface area contributed by atoms with Crippen LogP contribution in [-0.2, 0) is 17.8 Å². The van der Waals surface area contributed by atoms with Crippen molar-refractivity contribution < 1.29 is 19.0 Å². The number of nitrogens with zero attached hydrogens (tertiary/aromatic N) is 1. The van der Waals surface area contributed by atoms with Crippen LogP contribution < -0.4 is 9.64 Å². The molecule has 1 heterocycles. The van der Waals surface area contributed by atoms with Gasteiger partial charge in [-0.05, 0) is 54.7 Å². The second-order valence-corrected chi connectivity index (χ2v) is 8.80. The number of halogens is 2. The predicted molar refractivity (Wildman–Crippen MR) is 109 cm³/mol. The molecule has 0 radical (unpaired) electrons. The van der Waals surface area contributed by atoms with Gasteiger partial charge in [0.2, 0.25) is 0 Å². The maximum Gasteiger partial charge on any atom is 0.307 e. The average molecular weight is 416 g/mol. The Morgan fingerprint density at radius 2 is 2.03 bits per heavy atom. The van der Waals surface area contributed by atoms with Gasteiger partial charge < -0.3 is 14.7 Å². The van der Waals surface area contributed by atoms with Gasteiger partial charge in [0.1, 0.15) is 5.75 Å². The zero-order valence-corrected chi connectivity index (χ0v) is 16.8. The minimum absolute atomic E-state index is 0.0893. The molecule has 29 heavy (non-hydrogen) atoms. The summed E-state index contributed by atoms with van der Waals surface area (Å²) in [7, 11) is 0. The van der Waals surface area contributed by atoms with Crippen molar-refractivity contribution in [3.63, 3.8) is 0 Å². The number of benzene rings is 2. The number of carboxylic acids is 1.